The number of esters is 1. The molecular weight excluding hydrogens is 487 g/mol. The van der Waals surface area contributed by atoms with Crippen molar-refractivity contribution < 1.29 is 38.8 Å². The second-order valence-corrected chi connectivity index (χ2v) is 11.8. The predicted molar refractivity (Wildman–Crippen MR) is 115 cm³/mol. The molecule has 32 heavy (non-hydrogen) atoms. The van der Waals surface area contributed by atoms with Crippen LogP contribution in [0.4, 0.5) is 4.39 Å². The van der Waals surface area contributed by atoms with E-state index in [1.807, 2.05) is 6.92 Å². The zero-order chi connectivity index (χ0) is 23.9. The van der Waals surface area contributed by atoms with Gasteiger partial charge in [-0.2, -0.15) is 0 Å². The van der Waals surface area contributed by atoms with Gasteiger partial charge in [-0.25, -0.2) is 4.39 Å². The van der Waals surface area contributed by atoms with Gasteiger partial charge in [0.15, 0.2) is 18.0 Å². The zero-order valence-electron chi connectivity index (χ0n) is 18.4. The predicted octanol–water partition coefficient (Wildman–Crippen LogP) is 1.79. The van der Waals surface area contributed by atoms with Crippen molar-refractivity contribution in [3.63, 3.8) is 0 Å². The van der Waals surface area contributed by atoms with Crippen molar-refractivity contribution in [2.24, 2.45) is 22.7 Å². The Labute approximate surface area is 194 Å². The molecule has 0 bridgehead atoms. The lowest BCUT2D eigenvalue weighted by Crippen LogP contribution is -2.70. The summed E-state index contributed by atoms with van der Waals surface area (Å²) in [6, 6.07) is 0. The lowest BCUT2D eigenvalue weighted by atomic mass is 9.45. The van der Waals surface area contributed by atoms with Crippen molar-refractivity contribution >= 4 is 33.5 Å². The van der Waals surface area contributed by atoms with Crippen LogP contribution in [-0.2, 0) is 19.1 Å². The van der Waals surface area contributed by atoms with Crippen LogP contribution in [0.3, 0.4) is 0 Å². The van der Waals surface area contributed by atoms with E-state index in [4.69, 9.17) is 4.74 Å². The number of rotatable bonds is 3. The quantitative estimate of drug-likeness (QED) is 0.386. The third kappa shape index (κ3) is 2.83. The minimum absolute atomic E-state index is 0.00178. The van der Waals surface area contributed by atoms with Gasteiger partial charge >= 0.3 is 5.97 Å². The van der Waals surface area contributed by atoms with E-state index < -0.39 is 69.3 Å². The maximum Gasteiger partial charge on any atom is 0.303 e. The number of carbonyl (C=O) groups is 3. The molecule has 3 N–H and O–H groups in total. The number of ether oxygens (including phenoxy) is 1. The highest BCUT2D eigenvalue weighted by Gasteiger charge is 2.76. The van der Waals surface area contributed by atoms with Gasteiger partial charge in [0.2, 0.25) is 5.78 Å². The number of allylic oxidation sites excluding steroid dienone is 1. The van der Waals surface area contributed by atoms with Gasteiger partial charge in [-0.15, -0.1) is 0 Å². The Kier molecular flexibility index (Phi) is 5.56. The van der Waals surface area contributed by atoms with E-state index in [1.165, 1.54) is 6.08 Å². The van der Waals surface area contributed by atoms with E-state index in [0.29, 0.717) is 12.0 Å². The Morgan fingerprint density at radius 1 is 1.22 bits per heavy atom. The summed E-state index contributed by atoms with van der Waals surface area (Å²) in [5.74, 6) is -2.65. The largest absolute Gasteiger partial charge is 0.458 e. The normalized spacial score (nSPS) is 50.1. The first-order chi connectivity index (χ1) is 14.7. The Bertz CT molecular complexity index is 907. The molecule has 0 aromatic carbocycles. The number of hydrogen-bond donors (Lipinski definition) is 3. The smallest absolute Gasteiger partial charge is 0.303 e. The van der Waals surface area contributed by atoms with Gasteiger partial charge in [-0.3, -0.25) is 14.4 Å². The van der Waals surface area contributed by atoms with E-state index in [-0.39, 0.29) is 31.5 Å². The molecule has 0 spiro atoms. The van der Waals surface area contributed by atoms with E-state index >= 15 is 4.39 Å². The summed E-state index contributed by atoms with van der Waals surface area (Å²) in [5.41, 5.74) is -3.96. The Hall–Kier alpha value is -1.16. The fourth-order valence-electron chi connectivity index (χ4n) is 7.36. The van der Waals surface area contributed by atoms with Gasteiger partial charge in [0, 0.05) is 24.2 Å². The Morgan fingerprint density at radius 3 is 2.50 bits per heavy atom. The molecule has 178 valence electrons. The molecule has 0 aliphatic heterocycles. The molecule has 0 aromatic rings. The average Bonchev–Trinajstić information content (AvgIpc) is 2.91. The third-order valence-corrected chi connectivity index (χ3v) is 11.1. The molecule has 0 radical (unpaired) electrons. The maximum absolute atomic E-state index is 15.5. The summed E-state index contributed by atoms with van der Waals surface area (Å²) in [4.78, 5) is 36.2. The van der Waals surface area contributed by atoms with Crippen molar-refractivity contribution in [2.75, 3.05) is 6.61 Å². The van der Waals surface area contributed by atoms with Crippen LogP contribution in [0, 0.1) is 22.7 Å². The molecule has 0 amide bonds. The summed E-state index contributed by atoms with van der Waals surface area (Å²) in [5, 5.41) is 33.9. The number of ketones is 2. The lowest BCUT2D eigenvalue weighted by molar-refractivity contribution is -0.190. The Morgan fingerprint density at radius 2 is 1.88 bits per heavy atom. The molecule has 4 aliphatic carbocycles. The first kappa shape index (κ1) is 24.0. The molecule has 9 heteroatoms. The molecule has 9 atom stereocenters. The van der Waals surface area contributed by atoms with Crippen molar-refractivity contribution in [3.05, 3.63) is 11.6 Å². The van der Waals surface area contributed by atoms with Gasteiger partial charge in [0.1, 0.15) is 6.17 Å². The third-order valence-electron chi connectivity index (χ3n) is 9.08. The minimum Gasteiger partial charge on any atom is -0.458 e. The highest BCUT2D eigenvalue weighted by Crippen LogP contribution is 2.71. The molecule has 0 aromatic heterocycles. The Balaban J connectivity index is 1.78. The summed E-state index contributed by atoms with van der Waals surface area (Å²) in [7, 11) is 0. The molecule has 0 saturated heterocycles. The summed E-state index contributed by atoms with van der Waals surface area (Å²) < 4.78 is 19.3. The van der Waals surface area contributed by atoms with Crippen molar-refractivity contribution in [1.29, 1.82) is 0 Å². The second kappa shape index (κ2) is 7.42. The fraction of sp³-hybridized carbons (Fsp3) is 0.783. The number of carbonyl (C=O) groups excluding carboxylic acids is 3. The highest BCUT2D eigenvalue weighted by molar-refractivity contribution is 9.10. The van der Waals surface area contributed by atoms with Crippen LogP contribution in [0.25, 0.3) is 0 Å². The molecule has 3 unspecified atom stereocenters. The molecule has 0 heterocycles. The number of aliphatic hydroxyl groups excluding tert-OH is 2. The summed E-state index contributed by atoms with van der Waals surface area (Å²) in [6.45, 7) is 3.94. The first-order valence-corrected chi connectivity index (χ1v) is 11.9. The average molecular weight is 517 g/mol. The van der Waals surface area contributed by atoms with Crippen LogP contribution in [0.2, 0.25) is 0 Å². The number of halogens is 2. The SMILES string of the molecule is CC(=O)OCC(=O)[C@@]1(O)C(O)C[C@H]2[C@@H]3CC(F)C4=CC(=O)CC[C@]4(C)[C@@]3(Br)C(O)C[C@@]21C. The van der Waals surface area contributed by atoms with Gasteiger partial charge in [0.05, 0.1) is 16.5 Å². The summed E-state index contributed by atoms with van der Waals surface area (Å²) in [6.07, 6.45) is -1.92. The molecule has 3 saturated carbocycles. The van der Waals surface area contributed by atoms with Gasteiger partial charge in [0.25, 0.3) is 0 Å². The van der Waals surface area contributed by atoms with Crippen molar-refractivity contribution in [3.8, 4) is 0 Å². The molecule has 3 fully saturated rings. The van der Waals surface area contributed by atoms with Gasteiger partial charge < -0.3 is 20.1 Å². The van der Waals surface area contributed by atoms with Crippen LogP contribution in [0.5, 0.6) is 0 Å². The highest BCUT2D eigenvalue weighted by atomic mass is 79.9. The topological polar surface area (TPSA) is 121 Å². The number of fused-ring (bicyclic) bond motifs is 5. The first-order valence-electron chi connectivity index (χ1n) is 11.1. The van der Waals surface area contributed by atoms with E-state index in [0.717, 1.165) is 6.92 Å². The molecule has 4 aliphatic rings. The van der Waals surface area contributed by atoms with E-state index in [9.17, 15) is 29.7 Å². The molecule has 4 rings (SSSR count). The number of alkyl halides is 2. The number of aliphatic hydroxyl groups is 3. The maximum atomic E-state index is 15.5. The standard InChI is InChI=1S/C23H30BrFO7/c1-11(26)32-10-19(30)23(31)17(28)8-13-14-7-16(25)15-6-12(27)4-5-20(15,2)22(14,24)18(29)9-21(13,23)3/h6,13-14,16-18,28-29,31H,4-5,7-10H2,1-3H3/t13-,14-,16?,17?,18?,20-,21-,22-,23-/m0/s1. The van der Waals surface area contributed by atoms with Crippen LogP contribution in [-0.4, -0.2) is 67.8 Å². The summed E-state index contributed by atoms with van der Waals surface area (Å²) >= 11 is 3.80. The van der Waals surface area contributed by atoms with Gasteiger partial charge in [-0.05, 0) is 49.2 Å². The number of hydrogen-bond acceptors (Lipinski definition) is 7. The van der Waals surface area contributed by atoms with Crippen LogP contribution < -0.4 is 0 Å². The zero-order valence-corrected chi connectivity index (χ0v) is 20.0. The minimum atomic E-state index is -2.24. The molecule has 7 nitrogen and oxygen atoms in total. The second-order valence-electron chi connectivity index (χ2n) is 10.4. The molecular formula is C23H30BrFO7. The monoisotopic (exact) mass is 516 g/mol. The van der Waals surface area contributed by atoms with Crippen molar-refractivity contribution in [2.45, 2.75) is 81.2 Å². The van der Waals surface area contributed by atoms with Crippen LogP contribution in [0.15, 0.2) is 11.6 Å². The van der Waals surface area contributed by atoms with Crippen LogP contribution >= 0.6 is 15.9 Å². The van der Waals surface area contributed by atoms with Crippen LogP contribution in [0.1, 0.15) is 52.9 Å². The van der Waals surface area contributed by atoms with E-state index in [1.54, 1.807) is 6.92 Å². The lowest BCUT2D eigenvalue weighted by Gasteiger charge is -2.65. The van der Waals surface area contributed by atoms with E-state index in [2.05, 4.69) is 15.9 Å². The fourth-order valence-corrected chi connectivity index (χ4v) is 8.45. The van der Waals surface area contributed by atoms with Gasteiger partial charge in [-0.1, -0.05) is 29.8 Å². The van der Waals surface area contributed by atoms with Crippen molar-refractivity contribution in [1.82, 2.24) is 0 Å². The number of Topliss-reactive ketones (excluding diaryl/α,β-unsaturated/α-hetero) is 1.